The van der Waals surface area contributed by atoms with Crippen LogP contribution in [0.2, 0.25) is 5.02 Å². The maximum Gasteiger partial charge on any atom is 0.323 e. The molecule has 0 aliphatic carbocycles. The normalized spacial score (nSPS) is 9.86. The molecule has 0 saturated carbocycles. The third-order valence-electron chi connectivity index (χ3n) is 1.50. The average molecular weight is 218 g/mol. The molecule has 0 unspecified atom stereocenters. The molecule has 0 bridgehead atoms. The van der Waals surface area contributed by atoms with E-state index in [1.54, 1.807) is 0 Å². The van der Waals surface area contributed by atoms with Crippen molar-refractivity contribution in [1.82, 2.24) is 4.90 Å². The number of rotatable bonds is 3. The summed E-state index contributed by atoms with van der Waals surface area (Å²) >= 11 is 5.53. The van der Waals surface area contributed by atoms with Gasteiger partial charge in [0.2, 0.25) is 0 Å². The molecular formula is C8H8ClNO4. The minimum absolute atomic E-state index is 0.0266. The maximum atomic E-state index is 11.4. The van der Waals surface area contributed by atoms with E-state index in [-0.39, 0.29) is 12.3 Å². The summed E-state index contributed by atoms with van der Waals surface area (Å²) in [4.78, 5) is 22.7. The molecule has 5 nitrogen and oxygen atoms in total. The van der Waals surface area contributed by atoms with Crippen LogP contribution in [0.1, 0.15) is 10.6 Å². The van der Waals surface area contributed by atoms with Gasteiger partial charge in [-0.25, -0.2) is 0 Å². The van der Waals surface area contributed by atoms with Crippen molar-refractivity contribution in [3.05, 3.63) is 23.1 Å². The van der Waals surface area contributed by atoms with Crippen molar-refractivity contribution in [2.75, 3.05) is 13.6 Å². The van der Waals surface area contributed by atoms with Gasteiger partial charge < -0.3 is 14.4 Å². The van der Waals surface area contributed by atoms with E-state index in [1.807, 2.05) is 0 Å². The second-order valence-electron chi connectivity index (χ2n) is 2.68. The minimum atomic E-state index is -1.08. The lowest BCUT2D eigenvalue weighted by Gasteiger charge is -2.11. The van der Waals surface area contributed by atoms with Crippen molar-refractivity contribution in [3.63, 3.8) is 0 Å². The van der Waals surface area contributed by atoms with Crippen molar-refractivity contribution in [1.29, 1.82) is 0 Å². The number of amides is 1. The Kier molecular flexibility index (Phi) is 3.14. The quantitative estimate of drug-likeness (QED) is 0.823. The van der Waals surface area contributed by atoms with E-state index in [0.29, 0.717) is 5.02 Å². The van der Waals surface area contributed by atoms with Crippen LogP contribution in [-0.2, 0) is 4.79 Å². The number of hydrogen-bond acceptors (Lipinski definition) is 3. The summed E-state index contributed by atoms with van der Waals surface area (Å²) < 4.78 is 4.81. The topological polar surface area (TPSA) is 70.8 Å². The predicted octanol–water partition coefficient (Wildman–Crippen LogP) is 1.09. The SMILES string of the molecule is CN(CC(=O)O)C(=O)c1cc(Cl)co1. The van der Waals surface area contributed by atoms with Gasteiger partial charge in [-0.3, -0.25) is 9.59 Å². The molecule has 0 saturated heterocycles. The van der Waals surface area contributed by atoms with Crippen molar-refractivity contribution in [2.24, 2.45) is 0 Å². The summed E-state index contributed by atoms with van der Waals surface area (Å²) in [6, 6.07) is 1.34. The molecule has 1 aromatic heterocycles. The molecule has 1 N–H and O–H groups in total. The van der Waals surface area contributed by atoms with Crippen LogP contribution in [0.15, 0.2) is 16.7 Å². The average Bonchev–Trinajstić information content (AvgIpc) is 2.49. The summed E-state index contributed by atoms with van der Waals surface area (Å²) in [6.07, 6.45) is 1.21. The van der Waals surface area contributed by atoms with Crippen LogP contribution in [0.3, 0.4) is 0 Å². The summed E-state index contributed by atoms with van der Waals surface area (Å²) in [5.74, 6) is -1.57. The fourth-order valence-corrected chi connectivity index (χ4v) is 1.03. The molecule has 1 heterocycles. The van der Waals surface area contributed by atoms with E-state index in [9.17, 15) is 9.59 Å². The molecule has 0 atom stereocenters. The van der Waals surface area contributed by atoms with Crippen molar-refractivity contribution in [2.45, 2.75) is 0 Å². The summed E-state index contributed by atoms with van der Waals surface area (Å²) in [6.45, 7) is -0.378. The molecule has 0 radical (unpaired) electrons. The number of carboxylic acids is 1. The first-order valence-electron chi connectivity index (χ1n) is 3.72. The number of carboxylic acid groups (broad SMARTS) is 1. The largest absolute Gasteiger partial charge is 0.480 e. The van der Waals surface area contributed by atoms with Crippen LogP contribution >= 0.6 is 11.6 Å². The Morgan fingerprint density at radius 1 is 1.64 bits per heavy atom. The van der Waals surface area contributed by atoms with Crippen molar-refractivity contribution >= 4 is 23.5 Å². The van der Waals surface area contributed by atoms with Crippen LogP contribution in [0.25, 0.3) is 0 Å². The molecule has 0 aliphatic rings. The monoisotopic (exact) mass is 217 g/mol. The number of likely N-dealkylation sites (N-methyl/N-ethyl adjacent to an activating group) is 1. The zero-order chi connectivity index (χ0) is 10.7. The second-order valence-corrected chi connectivity index (χ2v) is 3.12. The number of hydrogen-bond donors (Lipinski definition) is 1. The van der Waals surface area contributed by atoms with Crippen LogP contribution < -0.4 is 0 Å². The Balaban J connectivity index is 2.70. The summed E-state index contributed by atoms with van der Waals surface area (Å²) in [7, 11) is 1.37. The highest BCUT2D eigenvalue weighted by molar-refractivity contribution is 6.30. The lowest BCUT2D eigenvalue weighted by molar-refractivity contribution is -0.137. The molecule has 0 spiro atoms. The van der Waals surface area contributed by atoms with Gasteiger partial charge in [0.1, 0.15) is 12.8 Å². The number of carbonyl (C=O) groups is 2. The molecule has 0 aliphatic heterocycles. The second kappa shape index (κ2) is 4.15. The molecule has 76 valence electrons. The van der Waals surface area contributed by atoms with Gasteiger partial charge in [0.15, 0.2) is 5.76 Å². The highest BCUT2D eigenvalue weighted by atomic mass is 35.5. The van der Waals surface area contributed by atoms with Crippen LogP contribution in [0.4, 0.5) is 0 Å². The smallest absolute Gasteiger partial charge is 0.323 e. The number of nitrogens with zero attached hydrogens (tertiary/aromatic N) is 1. The molecule has 14 heavy (non-hydrogen) atoms. The van der Waals surface area contributed by atoms with Crippen molar-refractivity contribution in [3.8, 4) is 0 Å². The molecule has 0 aromatic carbocycles. The van der Waals surface area contributed by atoms with E-state index in [4.69, 9.17) is 21.1 Å². The van der Waals surface area contributed by atoms with Gasteiger partial charge in [0.05, 0.1) is 5.02 Å². The Bertz CT molecular complexity index is 360. The Morgan fingerprint density at radius 2 is 2.29 bits per heavy atom. The highest BCUT2D eigenvalue weighted by Crippen LogP contribution is 2.14. The first kappa shape index (κ1) is 10.6. The third kappa shape index (κ3) is 2.50. The fourth-order valence-electron chi connectivity index (χ4n) is 0.888. The number of aliphatic carboxylic acids is 1. The van der Waals surface area contributed by atoms with E-state index >= 15 is 0 Å². The molecule has 0 fully saturated rings. The summed E-state index contributed by atoms with van der Waals surface area (Å²) in [5.41, 5.74) is 0. The molecule has 1 aromatic rings. The van der Waals surface area contributed by atoms with E-state index in [0.717, 1.165) is 4.90 Å². The Labute approximate surface area is 84.9 Å². The van der Waals surface area contributed by atoms with E-state index in [2.05, 4.69) is 0 Å². The van der Waals surface area contributed by atoms with Gasteiger partial charge in [-0.2, -0.15) is 0 Å². The Morgan fingerprint density at radius 3 is 2.71 bits per heavy atom. The minimum Gasteiger partial charge on any atom is -0.480 e. The first-order chi connectivity index (χ1) is 6.50. The first-order valence-corrected chi connectivity index (χ1v) is 4.10. The third-order valence-corrected chi connectivity index (χ3v) is 1.70. The number of halogens is 1. The molecule has 1 amide bonds. The predicted molar refractivity (Wildman–Crippen MR) is 48.3 cm³/mol. The van der Waals surface area contributed by atoms with E-state index < -0.39 is 11.9 Å². The highest BCUT2D eigenvalue weighted by Gasteiger charge is 2.17. The number of furan rings is 1. The number of carbonyl (C=O) groups excluding carboxylic acids is 1. The zero-order valence-electron chi connectivity index (χ0n) is 7.36. The molecule has 1 rings (SSSR count). The van der Waals surface area contributed by atoms with Gasteiger partial charge >= 0.3 is 5.97 Å². The van der Waals surface area contributed by atoms with E-state index in [1.165, 1.54) is 19.4 Å². The standard InChI is InChI=1S/C8H8ClNO4/c1-10(3-7(11)12)8(13)6-2-5(9)4-14-6/h2,4H,3H2,1H3,(H,11,12). The molecular weight excluding hydrogens is 210 g/mol. The van der Waals surface area contributed by atoms with Gasteiger partial charge in [0.25, 0.3) is 5.91 Å². The fraction of sp³-hybridized carbons (Fsp3) is 0.250. The zero-order valence-corrected chi connectivity index (χ0v) is 8.11. The summed E-state index contributed by atoms with van der Waals surface area (Å²) in [5, 5.41) is 8.74. The van der Waals surface area contributed by atoms with Crippen LogP contribution in [0, 0.1) is 0 Å². The van der Waals surface area contributed by atoms with Gasteiger partial charge in [-0.1, -0.05) is 11.6 Å². The van der Waals surface area contributed by atoms with Crippen molar-refractivity contribution < 1.29 is 19.1 Å². The van der Waals surface area contributed by atoms with Gasteiger partial charge in [-0.05, 0) is 0 Å². The van der Waals surface area contributed by atoms with Crippen LogP contribution in [-0.4, -0.2) is 35.5 Å². The lowest BCUT2D eigenvalue weighted by atomic mass is 10.4. The molecule has 6 heteroatoms. The van der Waals surface area contributed by atoms with Crippen LogP contribution in [0.5, 0.6) is 0 Å². The van der Waals surface area contributed by atoms with Gasteiger partial charge in [-0.15, -0.1) is 0 Å². The van der Waals surface area contributed by atoms with Gasteiger partial charge in [0, 0.05) is 13.1 Å². The lowest BCUT2D eigenvalue weighted by Crippen LogP contribution is -2.31. The Hall–Kier alpha value is -1.49. The maximum absolute atomic E-state index is 11.4.